The van der Waals surface area contributed by atoms with Gasteiger partial charge in [0.2, 0.25) is 0 Å². The van der Waals surface area contributed by atoms with Crippen molar-refractivity contribution in [2.45, 2.75) is 33.1 Å². The quantitative estimate of drug-likeness (QED) is 0.733. The lowest BCUT2D eigenvalue weighted by atomic mass is 9.92. The van der Waals surface area contributed by atoms with E-state index in [4.69, 9.17) is 9.47 Å². The molecule has 2 aromatic carbocycles. The maximum atomic E-state index is 12.5. The highest BCUT2D eigenvalue weighted by atomic mass is 16.5. The first kappa shape index (κ1) is 20.2. The van der Waals surface area contributed by atoms with Gasteiger partial charge in [-0.1, -0.05) is 38.1 Å². The number of benzene rings is 2. The molecule has 1 aliphatic heterocycles. The summed E-state index contributed by atoms with van der Waals surface area (Å²) in [4.78, 5) is 26.7. The molecule has 0 bridgehead atoms. The molecular formula is C23H29NO4. The van der Waals surface area contributed by atoms with E-state index in [9.17, 15) is 9.59 Å². The molecule has 0 saturated carbocycles. The van der Waals surface area contributed by atoms with Gasteiger partial charge in [-0.15, -0.1) is 0 Å². The van der Waals surface area contributed by atoms with E-state index < -0.39 is 5.92 Å². The van der Waals surface area contributed by atoms with Gasteiger partial charge in [-0.3, -0.25) is 9.59 Å². The SMILES string of the molecule is COc1ccc2cc([C@H](C)C(=O)OCC(=O)N3C[C@@H](C)C[C@H](C)C3)ccc2c1. The average Bonchev–Trinajstić information content (AvgIpc) is 2.69. The van der Waals surface area contributed by atoms with E-state index in [0.29, 0.717) is 11.8 Å². The maximum Gasteiger partial charge on any atom is 0.313 e. The molecule has 5 nitrogen and oxygen atoms in total. The Morgan fingerprint density at radius 2 is 1.71 bits per heavy atom. The number of carbonyl (C=O) groups is 2. The zero-order valence-corrected chi connectivity index (χ0v) is 17.1. The van der Waals surface area contributed by atoms with Crippen LogP contribution in [0, 0.1) is 11.8 Å². The maximum absolute atomic E-state index is 12.5. The van der Waals surface area contributed by atoms with Crippen molar-refractivity contribution in [2.75, 3.05) is 26.8 Å². The Hall–Kier alpha value is -2.56. The van der Waals surface area contributed by atoms with Crippen LogP contribution in [0.1, 0.15) is 38.7 Å². The smallest absolute Gasteiger partial charge is 0.313 e. The van der Waals surface area contributed by atoms with E-state index in [1.54, 1.807) is 7.11 Å². The van der Waals surface area contributed by atoms with Crippen LogP contribution < -0.4 is 4.74 Å². The summed E-state index contributed by atoms with van der Waals surface area (Å²) < 4.78 is 10.6. The Morgan fingerprint density at radius 3 is 2.39 bits per heavy atom. The molecule has 5 heteroatoms. The summed E-state index contributed by atoms with van der Waals surface area (Å²) in [5.41, 5.74) is 0.871. The highest BCUT2D eigenvalue weighted by molar-refractivity contribution is 5.87. The van der Waals surface area contributed by atoms with Crippen molar-refractivity contribution in [3.8, 4) is 5.75 Å². The third kappa shape index (κ3) is 4.64. The summed E-state index contributed by atoms with van der Waals surface area (Å²) in [7, 11) is 1.64. The first-order chi connectivity index (χ1) is 13.4. The highest BCUT2D eigenvalue weighted by Gasteiger charge is 2.26. The number of piperidine rings is 1. The molecule has 1 aliphatic rings. The molecule has 0 N–H and O–H groups in total. The van der Waals surface area contributed by atoms with Crippen LogP contribution in [0.4, 0.5) is 0 Å². The van der Waals surface area contributed by atoms with E-state index in [0.717, 1.165) is 41.6 Å². The molecule has 2 aromatic rings. The predicted octanol–water partition coefficient (Wildman–Crippen LogP) is 4.00. The Kier molecular flexibility index (Phi) is 6.22. The summed E-state index contributed by atoms with van der Waals surface area (Å²) in [5.74, 6) is 0.854. The molecule has 0 spiro atoms. The molecule has 28 heavy (non-hydrogen) atoms. The molecular weight excluding hydrogens is 354 g/mol. The van der Waals surface area contributed by atoms with Gasteiger partial charge in [0, 0.05) is 13.1 Å². The van der Waals surface area contributed by atoms with Gasteiger partial charge in [0.15, 0.2) is 6.61 Å². The minimum absolute atomic E-state index is 0.107. The summed E-state index contributed by atoms with van der Waals surface area (Å²) in [6.07, 6.45) is 1.13. The van der Waals surface area contributed by atoms with Crippen LogP contribution in [0.2, 0.25) is 0 Å². The number of esters is 1. The molecule has 1 amide bonds. The van der Waals surface area contributed by atoms with Crippen LogP contribution in [0.5, 0.6) is 5.75 Å². The van der Waals surface area contributed by atoms with Crippen molar-refractivity contribution in [3.63, 3.8) is 0 Å². The fourth-order valence-corrected chi connectivity index (χ4v) is 3.99. The lowest BCUT2D eigenvalue weighted by Crippen LogP contribution is -2.44. The lowest BCUT2D eigenvalue weighted by molar-refractivity contribution is -0.154. The number of rotatable bonds is 5. The van der Waals surface area contributed by atoms with Gasteiger partial charge < -0.3 is 14.4 Å². The summed E-state index contributed by atoms with van der Waals surface area (Å²) >= 11 is 0. The summed E-state index contributed by atoms with van der Waals surface area (Å²) in [6, 6.07) is 11.7. The normalized spacial score (nSPS) is 20.6. The Labute approximate surface area is 166 Å². The van der Waals surface area contributed by atoms with E-state index in [-0.39, 0.29) is 18.5 Å². The molecule has 1 saturated heterocycles. The second kappa shape index (κ2) is 8.63. The third-order valence-electron chi connectivity index (χ3n) is 5.48. The molecule has 0 radical (unpaired) electrons. The standard InChI is InChI=1S/C23H29NO4/c1-15-9-16(2)13-24(12-15)22(25)14-28-23(26)17(3)18-5-6-20-11-21(27-4)8-7-19(20)10-18/h5-8,10-11,15-17H,9,12-14H2,1-4H3/t15-,16-,17-/m0/s1. The lowest BCUT2D eigenvalue weighted by Gasteiger charge is -2.34. The molecule has 150 valence electrons. The van der Waals surface area contributed by atoms with E-state index in [1.165, 1.54) is 0 Å². The fraction of sp³-hybridized carbons (Fsp3) is 0.478. The van der Waals surface area contributed by atoms with Crippen LogP contribution in [-0.4, -0.2) is 43.6 Å². The Morgan fingerprint density at radius 1 is 1.07 bits per heavy atom. The van der Waals surface area contributed by atoms with Gasteiger partial charge in [-0.25, -0.2) is 0 Å². The number of likely N-dealkylation sites (tertiary alicyclic amines) is 1. The second-order valence-electron chi connectivity index (χ2n) is 8.05. The Bertz CT molecular complexity index is 853. The largest absolute Gasteiger partial charge is 0.497 e. The highest BCUT2D eigenvalue weighted by Crippen LogP contribution is 2.26. The minimum atomic E-state index is -0.432. The van der Waals surface area contributed by atoms with E-state index in [2.05, 4.69) is 13.8 Å². The van der Waals surface area contributed by atoms with Crippen molar-refractivity contribution in [1.82, 2.24) is 4.90 Å². The van der Waals surface area contributed by atoms with Crippen molar-refractivity contribution in [1.29, 1.82) is 0 Å². The molecule has 3 rings (SSSR count). The van der Waals surface area contributed by atoms with Gasteiger partial charge in [-0.2, -0.15) is 0 Å². The zero-order valence-electron chi connectivity index (χ0n) is 17.1. The van der Waals surface area contributed by atoms with Crippen molar-refractivity contribution in [3.05, 3.63) is 42.0 Å². The number of carbonyl (C=O) groups excluding carboxylic acids is 2. The van der Waals surface area contributed by atoms with Gasteiger partial charge in [0.25, 0.3) is 5.91 Å². The first-order valence-electron chi connectivity index (χ1n) is 9.89. The van der Waals surface area contributed by atoms with Gasteiger partial charge in [0.1, 0.15) is 5.75 Å². The number of methoxy groups -OCH3 is 1. The third-order valence-corrected chi connectivity index (χ3v) is 5.48. The number of hydrogen-bond acceptors (Lipinski definition) is 4. The van der Waals surface area contributed by atoms with Crippen molar-refractivity contribution in [2.24, 2.45) is 11.8 Å². The monoisotopic (exact) mass is 383 g/mol. The molecule has 0 unspecified atom stereocenters. The Balaban J connectivity index is 1.61. The van der Waals surface area contributed by atoms with Crippen LogP contribution >= 0.6 is 0 Å². The van der Waals surface area contributed by atoms with Gasteiger partial charge >= 0.3 is 5.97 Å². The topological polar surface area (TPSA) is 55.8 Å². The van der Waals surface area contributed by atoms with Gasteiger partial charge in [-0.05, 0) is 53.6 Å². The van der Waals surface area contributed by atoms with Crippen molar-refractivity contribution >= 4 is 22.6 Å². The van der Waals surface area contributed by atoms with Crippen molar-refractivity contribution < 1.29 is 19.1 Å². The molecule has 0 aliphatic carbocycles. The summed E-state index contributed by atoms with van der Waals surface area (Å²) in [5, 5.41) is 2.08. The van der Waals surface area contributed by atoms with E-state index in [1.807, 2.05) is 48.2 Å². The second-order valence-corrected chi connectivity index (χ2v) is 8.05. The van der Waals surface area contributed by atoms with Crippen LogP contribution in [0.15, 0.2) is 36.4 Å². The van der Waals surface area contributed by atoms with Crippen LogP contribution in [0.25, 0.3) is 10.8 Å². The molecule has 3 atom stereocenters. The van der Waals surface area contributed by atoms with E-state index >= 15 is 0 Å². The molecule has 0 aromatic heterocycles. The number of amides is 1. The van der Waals surface area contributed by atoms with Gasteiger partial charge in [0.05, 0.1) is 13.0 Å². The number of hydrogen-bond donors (Lipinski definition) is 0. The zero-order chi connectivity index (χ0) is 20.3. The van der Waals surface area contributed by atoms with Crippen LogP contribution in [-0.2, 0) is 14.3 Å². The molecule has 1 fully saturated rings. The number of nitrogens with zero attached hydrogens (tertiary/aromatic N) is 1. The number of ether oxygens (including phenoxy) is 2. The predicted molar refractivity (Wildman–Crippen MR) is 109 cm³/mol. The fourth-order valence-electron chi connectivity index (χ4n) is 3.99. The minimum Gasteiger partial charge on any atom is -0.497 e. The molecule has 1 heterocycles. The first-order valence-corrected chi connectivity index (χ1v) is 9.89. The average molecular weight is 383 g/mol. The van der Waals surface area contributed by atoms with Crippen LogP contribution in [0.3, 0.4) is 0 Å². The summed E-state index contributed by atoms with van der Waals surface area (Å²) in [6.45, 7) is 7.41. The number of fused-ring (bicyclic) bond motifs is 1.